The summed E-state index contributed by atoms with van der Waals surface area (Å²) >= 11 is 0. The molecule has 5 fully saturated rings. The molecule has 0 spiro atoms. The highest BCUT2D eigenvalue weighted by Gasteiger charge is 2.69. The highest BCUT2D eigenvalue weighted by molar-refractivity contribution is 8.33. The predicted molar refractivity (Wildman–Crippen MR) is 152 cm³/mol. The van der Waals surface area contributed by atoms with Crippen LogP contribution in [0.25, 0.3) is 10.8 Å². The molecule has 5 aliphatic rings. The van der Waals surface area contributed by atoms with Crippen LogP contribution in [-0.4, -0.2) is 62.0 Å². The zero-order chi connectivity index (χ0) is 34.2. The molecular formula is C30H30F8O7S2. The first kappa shape index (κ1) is 34.2. The second-order valence-electron chi connectivity index (χ2n) is 12.9. The van der Waals surface area contributed by atoms with E-state index in [1.807, 2.05) is 0 Å². The number of fused-ring (bicyclic) bond motifs is 1. The SMILES string of the molecule is O=C1C2CC3CC1CC(C(=O)OC(C(F)(F)F)C(F)(F)S(=O)(=O)OS1(c4ccc(OCC(F)(F)F)c5ccccc45)CCCC1)(C3)C2. The summed E-state index contributed by atoms with van der Waals surface area (Å²) < 4.78 is 154. The molecule has 4 aliphatic carbocycles. The molecule has 0 aromatic heterocycles. The molecule has 3 atom stereocenters. The number of rotatable bonds is 9. The first-order chi connectivity index (χ1) is 21.8. The highest BCUT2D eigenvalue weighted by atomic mass is 32.3. The van der Waals surface area contributed by atoms with Crippen LogP contribution in [-0.2, 0) is 28.1 Å². The minimum atomic E-state index is -6.48. The number of ether oxygens (including phenoxy) is 2. The second-order valence-corrected chi connectivity index (χ2v) is 17.8. The van der Waals surface area contributed by atoms with E-state index in [1.165, 1.54) is 30.3 Å². The minimum Gasteiger partial charge on any atom is -0.483 e. The number of Topliss-reactive ketones (excluding diaryl/α,β-unsaturated/α-hetero) is 1. The third-order valence-corrected chi connectivity index (χ3v) is 15.3. The maximum atomic E-state index is 15.8. The largest absolute Gasteiger partial charge is 0.483 e. The van der Waals surface area contributed by atoms with Crippen molar-refractivity contribution in [3.8, 4) is 5.75 Å². The van der Waals surface area contributed by atoms with E-state index in [0.717, 1.165) is 6.07 Å². The Morgan fingerprint density at radius 1 is 0.894 bits per heavy atom. The number of hydrogen-bond acceptors (Lipinski definition) is 7. The van der Waals surface area contributed by atoms with Crippen molar-refractivity contribution in [1.82, 2.24) is 0 Å². The van der Waals surface area contributed by atoms with Gasteiger partial charge in [-0.1, -0.05) is 34.6 Å². The van der Waals surface area contributed by atoms with E-state index < -0.39 is 74.0 Å². The molecule has 2 aromatic rings. The molecule has 260 valence electrons. The fourth-order valence-corrected chi connectivity index (χ4v) is 13.7. The number of esters is 1. The average Bonchev–Trinajstić information content (AvgIpc) is 3.44. The van der Waals surface area contributed by atoms with Gasteiger partial charge in [-0.25, -0.2) is 3.63 Å². The van der Waals surface area contributed by atoms with Crippen molar-refractivity contribution >= 4 is 43.0 Å². The van der Waals surface area contributed by atoms with Crippen LogP contribution in [0.2, 0.25) is 0 Å². The van der Waals surface area contributed by atoms with Gasteiger partial charge in [0.15, 0.2) is 6.61 Å². The second kappa shape index (κ2) is 11.5. The Labute approximate surface area is 265 Å². The minimum absolute atomic E-state index is 0.0307. The fourth-order valence-electron chi connectivity index (χ4n) is 7.85. The number of carbonyl (C=O) groups excluding carboxylic acids is 2. The Morgan fingerprint density at radius 3 is 2.06 bits per heavy atom. The Hall–Kier alpha value is -2.66. The summed E-state index contributed by atoms with van der Waals surface area (Å²) in [6.45, 7) is -1.65. The fraction of sp³-hybridized carbons (Fsp3) is 0.600. The molecule has 4 saturated carbocycles. The molecule has 47 heavy (non-hydrogen) atoms. The Morgan fingerprint density at radius 2 is 1.49 bits per heavy atom. The number of carbonyl (C=O) groups is 2. The number of benzene rings is 2. The van der Waals surface area contributed by atoms with Gasteiger partial charge in [0.05, 0.1) is 5.41 Å². The first-order valence-electron chi connectivity index (χ1n) is 14.9. The number of hydrogen-bond donors (Lipinski definition) is 0. The van der Waals surface area contributed by atoms with Gasteiger partial charge in [0.1, 0.15) is 11.5 Å². The number of alkyl halides is 8. The first-order valence-corrected chi connectivity index (χ1v) is 18.2. The van der Waals surface area contributed by atoms with E-state index in [4.69, 9.17) is 8.37 Å². The molecule has 1 heterocycles. The topological polar surface area (TPSA) is 96.0 Å². The van der Waals surface area contributed by atoms with Crippen LogP contribution < -0.4 is 4.74 Å². The maximum Gasteiger partial charge on any atom is 0.432 e. The van der Waals surface area contributed by atoms with Crippen molar-refractivity contribution in [2.45, 2.75) is 73.6 Å². The van der Waals surface area contributed by atoms with Crippen molar-refractivity contribution < 1.29 is 66.2 Å². The Kier molecular flexibility index (Phi) is 8.34. The lowest BCUT2D eigenvalue weighted by Crippen LogP contribution is -2.58. The van der Waals surface area contributed by atoms with Gasteiger partial charge < -0.3 is 9.47 Å². The molecule has 4 bridgehead atoms. The molecule has 2 aromatic carbocycles. The highest BCUT2D eigenvalue weighted by Crippen LogP contribution is 2.66. The van der Waals surface area contributed by atoms with Crippen LogP contribution >= 0.6 is 10.3 Å². The quantitative estimate of drug-likeness (QED) is 0.196. The third kappa shape index (κ3) is 6.08. The van der Waals surface area contributed by atoms with Gasteiger partial charge in [0.2, 0.25) is 0 Å². The molecule has 1 aliphatic heterocycles. The summed E-state index contributed by atoms with van der Waals surface area (Å²) in [5, 5.41) is -5.58. The molecule has 0 radical (unpaired) electrons. The van der Waals surface area contributed by atoms with Crippen LogP contribution in [0.1, 0.15) is 44.9 Å². The molecule has 1 saturated heterocycles. The summed E-state index contributed by atoms with van der Waals surface area (Å²) in [6.07, 6.45) is -14.0. The summed E-state index contributed by atoms with van der Waals surface area (Å²) in [5.41, 5.74) is -1.61. The summed E-state index contributed by atoms with van der Waals surface area (Å²) in [5.74, 6) is -3.63. The zero-order valence-electron chi connectivity index (χ0n) is 24.5. The maximum absolute atomic E-state index is 15.8. The van der Waals surface area contributed by atoms with Crippen LogP contribution in [0.4, 0.5) is 35.1 Å². The summed E-state index contributed by atoms with van der Waals surface area (Å²) in [6, 6.07) is 7.95. The lowest BCUT2D eigenvalue weighted by Gasteiger charge is -2.54. The van der Waals surface area contributed by atoms with Crippen LogP contribution in [0.3, 0.4) is 0 Å². The van der Waals surface area contributed by atoms with Gasteiger partial charge in [0, 0.05) is 33.6 Å². The molecule has 17 heteroatoms. The van der Waals surface area contributed by atoms with E-state index in [9.17, 15) is 44.3 Å². The lowest BCUT2D eigenvalue weighted by atomic mass is 9.49. The smallest absolute Gasteiger partial charge is 0.432 e. The van der Waals surface area contributed by atoms with Crippen molar-refractivity contribution in [3.05, 3.63) is 36.4 Å². The van der Waals surface area contributed by atoms with Gasteiger partial charge in [-0.15, -0.1) is 0 Å². The predicted octanol–water partition coefficient (Wildman–Crippen LogP) is 7.46. The van der Waals surface area contributed by atoms with E-state index >= 15 is 8.78 Å². The Balaban J connectivity index is 1.32. The van der Waals surface area contributed by atoms with Crippen molar-refractivity contribution in [2.24, 2.45) is 23.2 Å². The van der Waals surface area contributed by atoms with Gasteiger partial charge in [-0.2, -0.15) is 43.5 Å². The Bertz CT molecular complexity index is 1670. The monoisotopic (exact) mass is 718 g/mol. The number of ketones is 1. The van der Waals surface area contributed by atoms with Crippen molar-refractivity contribution in [2.75, 3.05) is 18.1 Å². The molecule has 7 rings (SSSR count). The molecular weight excluding hydrogens is 688 g/mol. The standard InChI is InChI=1S/C30H30F8O7S2/c31-28(32,33)16-43-22-7-8-23(21-6-2-1-5-20(21)22)46(9-3-4-10-46)45-47(41,42)30(37,38)25(29(34,35)36)44-26(40)27-13-17-11-18(14-27)24(39)19(12-17)15-27/h1-2,5-8,17-19,25H,3-4,9-16H2. The van der Waals surface area contributed by atoms with E-state index in [0.29, 0.717) is 12.8 Å². The molecule has 3 unspecified atom stereocenters. The van der Waals surface area contributed by atoms with Crippen LogP contribution in [0, 0.1) is 23.2 Å². The van der Waals surface area contributed by atoms with E-state index in [-0.39, 0.29) is 76.7 Å². The lowest BCUT2D eigenvalue weighted by molar-refractivity contribution is -0.265. The van der Waals surface area contributed by atoms with E-state index in [2.05, 4.69) is 4.74 Å². The van der Waals surface area contributed by atoms with Gasteiger partial charge in [-0.3, -0.25) is 9.59 Å². The zero-order valence-corrected chi connectivity index (χ0v) is 26.2. The third-order valence-electron chi connectivity index (χ3n) is 9.64. The molecule has 0 amide bonds. The van der Waals surface area contributed by atoms with Crippen molar-refractivity contribution in [1.29, 1.82) is 0 Å². The molecule has 0 N–H and O–H groups in total. The average molecular weight is 719 g/mol. The normalized spacial score (nSPS) is 28.8. The number of halogens is 8. The van der Waals surface area contributed by atoms with Gasteiger partial charge >= 0.3 is 33.7 Å². The van der Waals surface area contributed by atoms with E-state index in [1.54, 1.807) is 0 Å². The van der Waals surface area contributed by atoms with Crippen LogP contribution in [0.5, 0.6) is 5.75 Å². The van der Waals surface area contributed by atoms with Crippen LogP contribution in [0.15, 0.2) is 41.3 Å². The van der Waals surface area contributed by atoms with Gasteiger partial charge in [0.25, 0.3) is 6.10 Å². The van der Waals surface area contributed by atoms with Gasteiger partial charge in [-0.05, 0) is 68.4 Å². The summed E-state index contributed by atoms with van der Waals surface area (Å²) in [7, 11) is -9.79. The van der Waals surface area contributed by atoms with Crippen molar-refractivity contribution in [3.63, 3.8) is 0 Å². The molecule has 7 nitrogen and oxygen atoms in total. The summed E-state index contributed by atoms with van der Waals surface area (Å²) in [4.78, 5) is 25.8.